The summed E-state index contributed by atoms with van der Waals surface area (Å²) in [6.07, 6.45) is 0. The van der Waals surface area contributed by atoms with Crippen LogP contribution in [0.3, 0.4) is 0 Å². The standard InChI is InChI=1S/C12H17N3O2/c1-6-15(11-7(2)13-9(4)16-11)12-8(3)14-10(5)17-12/h6H2,1-5H3. The van der Waals surface area contributed by atoms with Gasteiger partial charge in [0.2, 0.25) is 11.8 Å². The molecule has 2 aromatic rings. The summed E-state index contributed by atoms with van der Waals surface area (Å²) in [5, 5.41) is 0. The molecule has 0 bridgehead atoms. The van der Waals surface area contributed by atoms with Crippen molar-refractivity contribution in [1.82, 2.24) is 9.97 Å². The lowest BCUT2D eigenvalue weighted by molar-refractivity contribution is 0.488. The Kier molecular flexibility index (Phi) is 2.92. The molecule has 0 saturated heterocycles. The van der Waals surface area contributed by atoms with E-state index >= 15 is 0 Å². The molecule has 0 aliphatic rings. The molecule has 0 amide bonds. The van der Waals surface area contributed by atoms with Gasteiger partial charge in [-0.1, -0.05) is 0 Å². The van der Waals surface area contributed by atoms with Crippen LogP contribution in [0.15, 0.2) is 8.83 Å². The summed E-state index contributed by atoms with van der Waals surface area (Å²) in [4.78, 5) is 10.5. The Morgan fingerprint density at radius 2 is 1.29 bits per heavy atom. The van der Waals surface area contributed by atoms with Crippen molar-refractivity contribution in [3.05, 3.63) is 23.2 Å². The topological polar surface area (TPSA) is 55.3 Å². The van der Waals surface area contributed by atoms with Gasteiger partial charge >= 0.3 is 0 Å². The van der Waals surface area contributed by atoms with Crippen LogP contribution in [-0.4, -0.2) is 16.5 Å². The van der Waals surface area contributed by atoms with Crippen LogP contribution in [0.25, 0.3) is 0 Å². The molecule has 0 radical (unpaired) electrons. The Morgan fingerprint density at radius 1 is 0.882 bits per heavy atom. The molecule has 0 N–H and O–H groups in total. The predicted molar refractivity (Wildman–Crippen MR) is 64.6 cm³/mol. The highest BCUT2D eigenvalue weighted by atomic mass is 16.4. The molecule has 0 aromatic carbocycles. The maximum Gasteiger partial charge on any atom is 0.226 e. The van der Waals surface area contributed by atoms with Gasteiger partial charge in [0, 0.05) is 20.4 Å². The first-order valence-electron chi connectivity index (χ1n) is 5.68. The van der Waals surface area contributed by atoms with Gasteiger partial charge in [-0.2, -0.15) is 0 Å². The molecule has 0 saturated carbocycles. The minimum absolute atomic E-state index is 0.657. The van der Waals surface area contributed by atoms with E-state index in [1.54, 1.807) is 0 Å². The van der Waals surface area contributed by atoms with Gasteiger partial charge in [0.15, 0.2) is 11.8 Å². The van der Waals surface area contributed by atoms with Gasteiger partial charge in [0.25, 0.3) is 0 Å². The van der Waals surface area contributed by atoms with E-state index in [9.17, 15) is 0 Å². The molecule has 0 atom stereocenters. The van der Waals surface area contributed by atoms with Crippen LogP contribution in [-0.2, 0) is 0 Å². The third-order valence-corrected chi connectivity index (χ3v) is 2.56. The van der Waals surface area contributed by atoms with E-state index < -0.39 is 0 Å². The van der Waals surface area contributed by atoms with E-state index in [1.807, 2.05) is 39.5 Å². The average Bonchev–Trinajstić information content (AvgIpc) is 2.73. The van der Waals surface area contributed by atoms with Crippen molar-refractivity contribution in [3.8, 4) is 0 Å². The Morgan fingerprint density at radius 3 is 1.53 bits per heavy atom. The normalized spacial score (nSPS) is 10.9. The van der Waals surface area contributed by atoms with Crippen molar-refractivity contribution in [2.45, 2.75) is 34.6 Å². The molecule has 92 valence electrons. The van der Waals surface area contributed by atoms with Gasteiger partial charge in [-0.25, -0.2) is 9.97 Å². The van der Waals surface area contributed by atoms with Gasteiger partial charge in [-0.3, -0.25) is 4.90 Å². The summed E-state index contributed by atoms with van der Waals surface area (Å²) in [6, 6.07) is 0. The maximum atomic E-state index is 5.61. The summed E-state index contributed by atoms with van der Waals surface area (Å²) in [6.45, 7) is 10.3. The number of aromatic nitrogens is 2. The summed E-state index contributed by atoms with van der Waals surface area (Å²) < 4.78 is 11.2. The first kappa shape index (κ1) is 11.7. The van der Waals surface area contributed by atoms with Crippen molar-refractivity contribution in [1.29, 1.82) is 0 Å². The van der Waals surface area contributed by atoms with Crippen molar-refractivity contribution in [2.75, 3.05) is 11.4 Å². The number of anilines is 2. The van der Waals surface area contributed by atoms with E-state index in [1.165, 1.54) is 0 Å². The van der Waals surface area contributed by atoms with E-state index in [4.69, 9.17) is 8.83 Å². The van der Waals surface area contributed by atoms with E-state index in [0.717, 1.165) is 29.7 Å². The van der Waals surface area contributed by atoms with Crippen molar-refractivity contribution in [2.24, 2.45) is 0 Å². The zero-order valence-corrected chi connectivity index (χ0v) is 10.9. The lowest BCUT2D eigenvalue weighted by Gasteiger charge is -2.17. The second-order valence-corrected chi connectivity index (χ2v) is 3.99. The van der Waals surface area contributed by atoms with Crippen LogP contribution in [0.1, 0.15) is 30.1 Å². The monoisotopic (exact) mass is 235 g/mol. The van der Waals surface area contributed by atoms with E-state index in [-0.39, 0.29) is 0 Å². The molecule has 0 spiro atoms. The van der Waals surface area contributed by atoms with Crippen LogP contribution < -0.4 is 4.90 Å². The zero-order valence-electron chi connectivity index (χ0n) is 10.9. The lowest BCUT2D eigenvalue weighted by Crippen LogP contribution is -2.16. The summed E-state index contributed by atoms with van der Waals surface area (Å²) >= 11 is 0. The average molecular weight is 235 g/mol. The number of rotatable bonds is 3. The van der Waals surface area contributed by atoms with Crippen LogP contribution in [0.5, 0.6) is 0 Å². The summed E-state index contributed by atoms with van der Waals surface area (Å²) in [7, 11) is 0. The molecule has 2 aromatic heterocycles. The summed E-state index contributed by atoms with van der Waals surface area (Å²) in [5.74, 6) is 2.77. The molecule has 2 heterocycles. The Balaban J connectivity index is 2.47. The highest BCUT2D eigenvalue weighted by Gasteiger charge is 2.21. The Bertz CT molecular complexity index is 482. The second-order valence-electron chi connectivity index (χ2n) is 3.99. The van der Waals surface area contributed by atoms with E-state index in [0.29, 0.717) is 11.8 Å². The lowest BCUT2D eigenvalue weighted by atomic mass is 10.4. The highest BCUT2D eigenvalue weighted by Crippen LogP contribution is 2.31. The van der Waals surface area contributed by atoms with Gasteiger partial charge in [0.1, 0.15) is 11.4 Å². The molecule has 2 rings (SSSR count). The third-order valence-electron chi connectivity index (χ3n) is 2.56. The molecule has 5 nitrogen and oxygen atoms in total. The van der Waals surface area contributed by atoms with Gasteiger partial charge < -0.3 is 8.83 Å². The zero-order chi connectivity index (χ0) is 12.6. The number of nitrogens with zero attached hydrogens (tertiary/aromatic N) is 3. The Labute approximate surface area is 100 Å². The molecule has 0 fully saturated rings. The number of aryl methyl sites for hydroxylation is 4. The first-order chi connectivity index (χ1) is 8.02. The van der Waals surface area contributed by atoms with Crippen LogP contribution in [0.2, 0.25) is 0 Å². The van der Waals surface area contributed by atoms with Gasteiger partial charge in [0.05, 0.1) is 0 Å². The van der Waals surface area contributed by atoms with Crippen molar-refractivity contribution < 1.29 is 8.83 Å². The molecular formula is C12H17N3O2. The van der Waals surface area contributed by atoms with Crippen molar-refractivity contribution >= 4 is 11.8 Å². The van der Waals surface area contributed by atoms with Crippen LogP contribution in [0.4, 0.5) is 11.8 Å². The smallest absolute Gasteiger partial charge is 0.226 e. The minimum Gasteiger partial charge on any atom is -0.425 e. The number of hydrogen-bond acceptors (Lipinski definition) is 5. The van der Waals surface area contributed by atoms with Crippen LogP contribution >= 0.6 is 0 Å². The first-order valence-corrected chi connectivity index (χ1v) is 5.68. The summed E-state index contributed by atoms with van der Waals surface area (Å²) in [5.41, 5.74) is 1.72. The quantitative estimate of drug-likeness (QED) is 0.818. The molecule has 5 heteroatoms. The molecule has 17 heavy (non-hydrogen) atoms. The fourth-order valence-corrected chi connectivity index (χ4v) is 1.92. The second kappa shape index (κ2) is 4.24. The fourth-order valence-electron chi connectivity index (χ4n) is 1.92. The Hall–Kier alpha value is -1.78. The van der Waals surface area contributed by atoms with E-state index in [2.05, 4.69) is 9.97 Å². The molecule has 0 aliphatic heterocycles. The SMILES string of the molecule is CCN(c1oc(C)nc1C)c1oc(C)nc1C. The van der Waals surface area contributed by atoms with Gasteiger partial charge in [-0.05, 0) is 20.8 Å². The van der Waals surface area contributed by atoms with Crippen LogP contribution in [0, 0.1) is 27.7 Å². The van der Waals surface area contributed by atoms with Gasteiger partial charge in [-0.15, -0.1) is 0 Å². The van der Waals surface area contributed by atoms with Crippen molar-refractivity contribution in [3.63, 3.8) is 0 Å². The highest BCUT2D eigenvalue weighted by molar-refractivity contribution is 5.56. The maximum absolute atomic E-state index is 5.61. The molecular weight excluding hydrogens is 218 g/mol. The molecule has 0 unspecified atom stereocenters. The predicted octanol–water partition coefficient (Wildman–Crippen LogP) is 3.05. The largest absolute Gasteiger partial charge is 0.425 e. The third kappa shape index (κ3) is 2.05. The minimum atomic E-state index is 0.657. The molecule has 0 aliphatic carbocycles. The number of hydrogen-bond donors (Lipinski definition) is 0. The number of oxazole rings is 2. The fraction of sp³-hybridized carbons (Fsp3) is 0.500.